The summed E-state index contributed by atoms with van der Waals surface area (Å²) in [4.78, 5) is 4.03. The number of fused-ring (bicyclic) bond motifs is 1. The van der Waals surface area contributed by atoms with E-state index in [9.17, 15) is 5.11 Å². The van der Waals surface area contributed by atoms with Gasteiger partial charge in [-0.25, -0.2) is 0 Å². The Morgan fingerprint density at radius 2 is 1.54 bits per heavy atom. The molecule has 0 spiro atoms. The van der Waals surface area contributed by atoms with E-state index in [2.05, 4.69) is 10.3 Å². The molecule has 11 heteroatoms. The van der Waals surface area contributed by atoms with Crippen molar-refractivity contribution in [2.45, 2.75) is 0 Å². The maximum atomic E-state index is 9.31. The molecular weight excluding hydrogens is 392 g/mol. The van der Waals surface area contributed by atoms with Gasteiger partial charge in [-0.05, 0) is 12.1 Å². The number of phenolic OH excluding ortho intramolecular Hbond substituents is 1. The van der Waals surface area contributed by atoms with Gasteiger partial charge >= 0.3 is 17.1 Å². The van der Waals surface area contributed by atoms with Gasteiger partial charge in [-0.1, -0.05) is 18.2 Å². The standard InChI is InChI=1S/C9H7NO.C4H11NO2.Cu.H2O4S/c11-8-5-1-3-7-4-2-6-10-9(7)8;6-3-1-5-2-4-7;;1-5(2,3)4/h1-6,11H;5-7H,1-4H2;;(H2,1,2,3,4)/q;;+2;/p-2. The minimum atomic E-state index is -5.17. The van der Waals surface area contributed by atoms with Crippen molar-refractivity contribution in [2.24, 2.45) is 0 Å². The number of aromatic hydroxyl groups is 1. The van der Waals surface area contributed by atoms with Crippen LogP contribution in [-0.4, -0.2) is 64.1 Å². The number of hydrogen-bond donors (Lipinski definition) is 4. The van der Waals surface area contributed by atoms with Gasteiger partial charge in [0.05, 0.1) is 13.2 Å². The van der Waals surface area contributed by atoms with Gasteiger partial charge in [-0.2, -0.15) is 0 Å². The number of nitrogens with one attached hydrogen (secondary N) is 1. The van der Waals surface area contributed by atoms with Crippen LogP contribution in [0.15, 0.2) is 36.5 Å². The zero-order valence-corrected chi connectivity index (χ0v) is 14.2. The second kappa shape index (κ2) is 14.1. The van der Waals surface area contributed by atoms with Crippen molar-refractivity contribution < 1.29 is 49.9 Å². The Morgan fingerprint density at radius 3 is 2.00 bits per heavy atom. The molecule has 0 fully saturated rings. The Labute approximate surface area is 150 Å². The molecule has 0 bridgehead atoms. The second-order valence-electron chi connectivity index (χ2n) is 3.96. The fraction of sp³-hybridized carbons (Fsp3) is 0.308. The quantitative estimate of drug-likeness (QED) is 0.218. The molecule has 139 valence electrons. The number of hydrogen-bond acceptors (Lipinski definition) is 9. The molecule has 9 nitrogen and oxygen atoms in total. The average molecular weight is 410 g/mol. The van der Waals surface area contributed by atoms with Gasteiger partial charge in [0.2, 0.25) is 0 Å². The van der Waals surface area contributed by atoms with Crippen molar-refractivity contribution in [1.82, 2.24) is 10.3 Å². The first-order chi connectivity index (χ1) is 10.8. The van der Waals surface area contributed by atoms with Crippen LogP contribution < -0.4 is 5.32 Å². The van der Waals surface area contributed by atoms with Crippen molar-refractivity contribution in [3.05, 3.63) is 36.5 Å². The Kier molecular flexibility index (Phi) is 14.6. The minimum Gasteiger partial charge on any atom is -0.759 e. The summed E-state index contributed by atoms with van der Waals surface area (Å²) in [6.07, 6.45) is 1.67. The molecule has 1 radical (unpaired) electrons. The number of pyridine rings is 1. The first-order valence-corrected chi connectivity index (χ1v) is 7.74. The van der Waals surface area contributed by atoms with E-state index in [0.717, 1.165) is 5.39 Å². The summed E-state index contributed by atoms with van der Waals surface area (Å²) in [7, 11) is -5.17. The van der Waals surface area contributed by atoms with Crippen molar-refractivity contribution in [3.63, 3.8) is 0 Å². The van der Waals surface area contributed by atoms with E-state index in [4.69, 9.17) is 27.7 Å². The van der Waals surface area contributed by atoms with Crippen LogP contribution in [-0.2, 0) is 27.5 Å². The Hall–Kier alpha value is -1.30. The van der Waals surface area contributed by atoms with Crippen LogP contribution in [0.1, 0.15) is 0 Å². The van der Waals surface area contributed by atoms with Crippen LogP contribution in [0.2, 0.25) is 0 Å². The zero-order chi connectivity index (χ0) is 17.7. The van der Waals surface area contributed by atoms with Gasteiger partial charge in [-0.15, -0.1) is 0 Å². The van der Waals surface area contributed by atoms with E-state index in [1.54, 1.807) is 18.3 Å². The van der Waals surface area contributed by atoms with Crippen LogP contribution >= 0.6 is 0 Å². The Balaban J connectivity index is 0. The molecule has 0 aliphatic heterocycles. The maximum absolute atomic E-state index is 9.31. The smallest absolute Gasteiger partial charge is 0.759 e. The third-order valence-electron chi connectivity index (χ3n) is 2.19. The molecule has 4 N–H and O–H groups in total. The molecule has 0 aliphatic carbocycles. The molecular formula is C13H18CuN2O7S. The first kappa shape index (κ1) is 24.9. The summed E-state index contributed by atoms with van der Waals surface area (Å²) in [5.41, 5.74) is 0.662. The number of aromatic nitrogens is 1. The first-order valence-electron chi connectivity index (χ1n) is 6.41. The van der Waals surface area contributed by atoms with E-state index in [-0.39, 0.29) is 36.0 Å². The van der Waals surface area contributed by atoms with Gasteiger partial charge in [0.15, 0.2) is 0 Å². The van der Waals surface area contributed by atoms with Gasteiger partial charge in [0, 0.05) is 35.1 Å². The summed E-state index contributed by atoms with van der Waals surface area (Å²) < 4.78 is 34.1. The van der Waals surface area contributed by atoms with Crippen molar-refractivity contribution in [1.29, 1.82) is 0 Å². The number of nitrogens with zero attached hydrogens (tertiary/aromatic N) is 1. The summed E-state index contributed by atoms with van der Waals surface area (Å²) in [5.74, 6) is 0.239. The maximum Gasteiger partial charge on any atom is 2.00 e. The van der Waals surface area contributed by atoms with Crippen molar-refractivity contribution in [2.75, 3.05) is 26.3 Å². The predicted molar refractivity (Wildman–Crippen MR) is 80.9 cm³/mol. The summed E-state index contributed by atoms with van der Waals surface area (Å²) in [6, 6.07) is 9.13. The molecule has 1 heterocycles. The number of aliphatic hydroxyl groups excluding tert-OH is 2. The minimum absolute atomic E-state index is 0. The van der Waals surface area contributed by atoms with Gasteiger partial charge in [-0.3, -0.25) is 13.4 Å². The average Bonchev–Trinajstić information content (AvgIpc) is 2.47. The molecule has 1 aromatic carbocycles. The number of phenols is 1. The van der Waals surface area contributed by atoms with Gasteiger partial charge in [0.1, 0.15) is 11.3 Å². The monoisotopic (exact) mass is 409 g/mol. The fourth-order valence-electron chi connectivity index (χ4n) is 1.37. The summed E-state index contributed by atoms with van der Waals surface area (Å²) in [5, 5.41) is 29.4. The number of aliphatic hydroxyl groups is 2. The van der Waals surface area contributed by atoms with Crippen LogP contribution in [0.3, 0.4) is 0 Å². The molecule has 0 unspecified atom stereocenters. The van der Waals surface area contributed by atoms with Crippen LogP contribution in [0.25, 0.3) is 10.9 Å². The number of benzene rings is 1. The van der Waals surface area contributed by atoms with E-state index in [1.807, 2.05) is 18.2 Å². The predicted octanol–water partition coefficient (Wildman–Crippen LogP) is -0.839. The van der Waals surface area contributed by atoms with E-state index in [1.165, 1.54) is 0 Å². The molecule has 1 aromatic heterocycles. The molecule has 0 saturated carbocycles. The summed E-state index contributed by atoms with van der Waals surface area (Å²) >= 11 is 0. The topological polar surface area (TPSA) is 166 Å². The zero-order valence-electron chi connectivity index (χ0n) is 12.4. The van der Waals surface area contributed by atoms with Crippen molar-refractivity contribution >= 4 is 21.3 Å². The SMILES string of the molecule is O=S(=O)([O-])[O-].OCCNCCO.Oc1cccc2cccnc12.[Cu+2]. The van der Waals surface area contributed by atoms with Crippen molar-refractivity contribution in [3.8, 4) is 5.75 Å². The van der Waals surface area contributed by atoms with Gasteiger partial charge in [0.25, 0.3) is 0 Å². The molecule has 2 aromatic rings. The van der Waals surface area contributed by atoms with Crippen LogP contribution in [0, 0.1) is 0 Å². The molecule has 0 saturated heterocycles. The fourth-order valence-corrected chi connectivity index (χ4v) is 1.37. The molecule has 0 aliphatic rings. The van der Waals surface area contributed by atoms with E-state index >= 15 is 0 Å². The Bertz CT molecular complexity index is 653. The van der Waals surface area contributed by atoms with Crippen LogP contribution in [0.5, 0.6) is 5.75 Å². The molecule has 0 atom stereocenters. The third-order valence-corrected chi connectivity index (χ3v) is 2.19. The van der Waals surface area contributed by atoms with Gasteiger partial charge < -0.3 is 29.7 Å². The number of rotatable bonds is 4. The third kappa shape index (κ3) is 14.3. The van der Waals surface area contributed by atoms with E-state index in [0.29, 0.717) is 18.6 Å². The molecule has 0 amide bonds. The largest absolute Gasteiger partial charge is 2.00 e. The van der Waals surface area contributed by atoms with E-state index < -0.39 is 10.4 Å². The Morgan fingerprint density at radius 1 is 1.04 bits per heavy atom. The second-order valence-corrected chi connectivity index (χ2v) is 4.77. The summed E-state index contributed by atoms with van der Waals surface area (Å²) in [6.45, 7) is 1.42. The molecule has 2 rings (SSSR count). The molecule has 24 heavy (non-hydrogen) atoms. The van der Waals surface area contributed by atoms with Crippen LogP contribution in [0.4, 0.5) is 0 Å². The normalized spacial score (nSPS) is 9.83. The number of para-hydroxylation sites is 1.